The molecule has 3 aromatic rings. The molecule has 3 rings (SSSR count). The van der Waals surface area contributed by atoms with Gasteiger partial charge in [-0.1, -0.05) is 15.9 Å². The predicted octanol–water partition coefficient (Wildman–Crippen LogP) is 2.43. The fourth-order valence-electron chi connectivity index (χ4n) is 3.22. The first kappa shape index (κ1) is 20.1. The number of hydrogen-bond donors (Lipinski definition) is 2. The molecule has 0 saturated heterocycles. The number of nitrogens with two attached hydrogens (primary N) is 1. The number of rotatable bonds is 8. The Balaban J connectivity index is 2.15. The molecule has 0 fully saturated rings. The van der Waals surface area contributed by atoms with E-state index in [9.17, 15) is 9.59 Å². The number of hydrogen-bond acceptors (Lipinski definition) is 5. The molecule has 0 saturated carbocycles. The lowest BCUT2D eigenvalue weighted by atomic mass is 10.2. The number of amides is 2. The zero-order chi connectivity index (χ0) is 20.3. The maximum Gasteiger partial charge on any atom is 0.219 e. The molecular formula is C19H23BrN6O2. The van der Waals surface area contributed by atoms with Crippen molar-refractivity contribution < 1.29 is 9.59 Å². The average Bonchev–Trinajstić information content (AvgIpc) is 3.04. The summed E-state index contributed by atoms with van der Waals surface area (Å²) >= 11 is 3.47. The minimum atomic E-state index is -0.0102. The Labute approximate surface area is 171 Å². The van der Waals surface area contributed by atoms with E-state index in [1.165, 1.54) is 0 Å². The van der Waals surface area contributed by atoms with E-state index in [2.05, 4.69) is 30.8 Å². The molecule has 0 unspecified atom stereocenters. The van der Waals surface area contributed by atoms with E-state index in [-0.39, 0.29) is 5.91 Å². The van der Waals surface area contributed by atoms with Gasteiger partial charge >= 0.3 is 0 Å². The van der Waals surface area contributed by atoms with Crippen molar-refractivity contribution in [2.45, 2.75) is 32.9 Å². The normalized spacial score (nSPS) is 11.1. The van der Waals surface area contributed by atoms with Crippen LogP contribution in [-0.2, 0) is 22.7 Å². The molecule has 2 aromatic heterocycles. The molecule has 0 aliphatic carbocycles. The standard InChI is InChI=1S/C19H23BrN6O2/c1-3-25(11-27)10-15-24-17-18(26(15)8-4-5-16(28)22-2)13-7-6-12(20)9-14(13)23-19(17)21/h6-7,9,11H,3-5,8,10H2,1-2H3,(H2,21,23)(H,22,28). The minimum Gasteiger partial charge on any atom is -0.382 e. The van der Waals surface area contributed by atoms with Crippen LogP contribution in [0.4, 0.5) is 5.82 Å². The number of anilines is 1. The van der Waals surface area contributed by atoms with Crippen LogP contribution in [0.1, 0.15) is 25.6 Å². The Kier molecular flexibility index (Phi) is 6.13. The maximum atomic E-state index is 11.6. The third-order valence-corrected chi connectivity index (χ3v) is 5.20. The summed E-state index contributed by atoms with van der Waals surface area (Å²) in [5.41, 5.74) is 8.46. The summed E-state index contributed by atoms with van der Waals surface area (Å²) in [5.74, 6) is 1.06. The molecule has 8 nitrogen and oxygen atoms in total. The fourth-order valence-corrected chi connectivity index (χ4v) is 3.57. The number of nitrogens with zero attached hydrogens (tertiary/aromatic N) is 4. The summed E-state index contributed by atoms with van der Waals surface area (Å²) < 4.78 is 2.97. The van der Waals surface area contributed by atoms with Crippen LogP contribution in [-0.4, -0.2) is 45.3 Å². The average molecular weight is 447 g/mol. The van der Waals surface area contributed by atoms with Crippen LogP contribution in [0.25, 0.3) is 21.9 Å². The maximum absolute atomic E-state index is 11.6. The molecule has 0 radical (unpaired) electrons. The van der Waals surface area contributed by atoms with Crippen molar-refractivity contribution >= 4 is 56.0 Å². The number of fused-ring (bicyclic) bond motifs is 3. The lowest BCUT2D eigenvalue weighted by Gasteiger charge is -2.16. The second-order valence-corrected chi connectivity index (χ2v) is 7.40. The Morgan fingerprint density at radius 2 is 2.18 bits per heavy atom. The van der Waals surface area contributed by atoms with Crippen molar-refractivity contribution in [2.75, 3.05) is 19.3 Å². The van der Waals surface area contributed by atoms with Gasteiger partial charge in [-0.05, 0) is 31.5 Å². The number of benzene rings is 1. The topological polar surface area (TPSA) is 106 Å². The van der Waals surface area contributed by atoms with Crippen molar-refractivity contribution in [2.24, 2.45) is 0 Å². The van der Waals surface area contributed by atoms with E-state index in [1.807, 2.05) is 25.1 Å². The molecular weight excluding hydrogens is 424 g/mol. The van der Waals surface area contributed by atoms with E-state index >= 15 is 0 Å². The summed E-state index contributed by atoms with van der Waals surface area (Å²) in [6.45, 7) is 3.44. The van der Waals surface area contributed by atoms with Gasteiger partial charge in [-0.2, -0.15) is 0 Å². The summed E-state index contributed by atoms with van der Waals surface area (Å²) in [6.07, 6.45) is 1.86. The summed E-state index contributed by atoms with van der Waals surface area (Å²) in [6, 6.07) is 5.84. The van der Waals surface area contributed by atoms with E-state index in [1.54, 1.807) is 11.9 Å². The molecule has 0 spiro atoms. The highest BCUT2D eigenvalue weighted by Crippen LogP contribution is 2.31. The third kappa shape index (κ3) is 3.94. The Bertz CT molecular complexity index is 1030. The number of aromatic nitrogens is 3. The van der Waals surface area contributed by atoms with Crippen molar-refractivity contribution in [3.05, 3.63) is 28.5 Å². The van der Waals surface area contributed by atoms with Gasteiger partial charge in [-0.25, -0.2) is 9.97 Å². The molecule has 1 aromatic carbocycles. The molecule has 0 aliphatic heterocycles. The Morgan fingerprint density at radius 3 is 2.86 bits per heavy atom. The van der Waals surface area contributed by atoms with Crippen LogP contribution in [0.15, 0.2) is 22.7 Å². The second kappa shape index (κ2) is 8.55. The van der Waals surface area contributed by atoms with Gasteiger partial charge in [0.2, 0.25) is 12.3 Å². The molecule has 148 valence electrons. The van der Waals surface area contributed by atoms with Gasteiger partial charge in [0.05, 0.1) is 17.6 Å². The highest BCUT2D eigenvalue weighted by molar-refractivity contribution is 9.10. The van der Waals surface area contributed by atoms with Crippen LogP contribution < -0.4 is 11.1 Å². The molecule has 2 amide bonds. The monoisotopic (exact) mass is 446 g/mol. The zero-order valence-electron chi connectivity index (χ0n) is 15.9. The molecule has 2 heterocycles. The SMILES string of the molecule is CCN(C=O)Cc1nc2c(N)nc3cc(Br)ccc3c2n1CCCC(=O)NC. The van der Waals surface area contributed by atoms with Gasteiger partial charge in [0.15, 0.2) is 5.82 Å². The molecule has 9 heteroatoms. The van der Waals surface area contributed by atoms with Gasteiger partial charge in [0.25, 0.3) is 0 Å². The molecule has 0 bridgehead atoms. The van der Waals surface area contributed by atoms with Crippen molar-refractivity contribution in [3.8, 4) is 0 Å². The lowest BCUT2D eigenvalue weighted by molar-refractivity contribution is -0.120. The van der Waals surface area contributed by atoms with E-state index in [0.29, 0.717) is 43.8 Å². The highest BCUT2D eigenvalue weighted by atomic mass is 79.9. The molecule has 3 N–H and O–H groups in total. The summed E-state index contributed by atoms with van der Waals surface area (Å²) in [4.78, 5) is 33.8. The van der Waals surface area contributed by atoms with Crippen molar-refractivity contribution in [1.82, 2.24) is 24.8 Å². The first-order chi connectivity index (χ1) is 13.5. The van der Waals surface area contributed by atoms with Gasteiger partial charge < -0.3 is 20.5 Å². The smallest absolute Gasteiger partial charge is 0.219 e. The number of nitrogens with one attached hydrogen (secondary N) is 1. The van der Waals surface area contributed by atoms with Gasteiger partial charge in [-0.3, -0.25) is 9.59 Å². The number of imidazole rings is 1. The van der Waals surface area contributed by atoms with Crippen molar-refractivity contribution in [3.63, 3.8) is 0 Å². The van der Waals surface area contributed by atoms with Crippen LogP contribution in [0.2, 0.25) is 0 Å². The summed E-state index contributed by atoms with van der Waals surface area (Å²) in [7, 11) is 1.63. The van der Waals surface area contributed by atoms with Crippen LogP contribution >= 0.6 is 15.9 Å². The number of carbonyl (C=O) groups is 2. The Morgan fingerprint density at radius 1 is 1.39 bits per heavy atom. The first-order valence-electron chi connectivity index (χ1n) is 9.12. The van der Waals surface area contributed by atoms with Gasteiger partial charge in [-0.15, -0.1) is 0 Å². The lowest BCUT2D eigenvalue weighted by Crippen LogP contribution is -2.23. The minimum absolute atomic E-state index is 0.0102. The van der Waals surface area contributed by atoms with Crippen LogP contribution in [0.3, 0.4) is 0 Å². The predicted molar refractivity (Wildman–Crippen MR) is 113 cm³/mol. The van der Waals surface area contributed by atoms with Crippen molar-refractivity contribution in [1.29, 1.82) is 0 Å². The summed E-state index contributed by atoms with van der Waals surface area (Å²) in [5, 5.41) is 3.57. The van der Waals surface area contributed by atoms with Gasteiger partial charge in [0.1, 0.15) is 11.3 Å². The Hall–Kier alpha value is -2.68. The third-order valence-electron chi connectivity index (χ3n) is 4.71. The quantitative estimate of drug-likeness (QED) is 0.516. The molecule has 0 atom stereocenters. The van der Waals surface area contributed by atoms with Crippen LogP contribution in [0, 0.1) is 0 Å². The molecule has 0 aliphatic rings. The zero-order valence-corrected chi connectivity index (χ0v) is 17.5. The van der Waals surface area contributed by atoms with E-state index in [4.69, 9.17) is 10.7 Å². The number of aryl methyl sites for hydroxylation is 1. The van der Waals surface area contributed by atoms with Gasteiger partial charge in [0, 0.05) is 36.4 Å². The number of carbonyl (C=O) groups excluding carboxylic acids is 2. The number of halogens is 1. The molecule has 28 heavy (non-hydrogen) atoms. The fraction of sp³-hybridized carbons (Fsp3) is 0.368. The first-order valence-corrected chi connectivity index (χ1v) is 9.91. The van der Waals surface area contributed by atoms with E-state index < -0.39 is 0 Å². The number of nitrogen functional groups attached to an aromatic ring is 1. The van der Waals surface area contributed by atoms with Crippen LogP contribution in [0.5, 0.6) is 0 Å². The highest BCUT2D eigenvalue weighted by Gasteiger charge is 2.19. The van der Waals surface area contributed by atoms with E-state index in [0.717, 1.165) is 33.1 Å². The second-order valence-electron chi connectivity index (χ2n) is 6.48. The largest absolute Gasteiger partial charge is 0.382 e. The number of pyridine rings is 1.